The molecular weight excluding hydrogens is 376 g/mol. The summed E-state index contributed by atoms with van der Waals surface area (Å²) in [6.45, 7) is 7.96. The van der Waals surface area contributed by atoms with Gasteiger partial charge in [0.25, 0.3) is 5.91 Å². The molecule has 0 saturated carbocycles. The Balaban J connectivity index is 2.40. The first kappa shape index (κ1) is 21.7. The topological polar surface area (TPSA) is 75.7 Å². The molecule has 0 unspecified atom stereocenters. The van der Waals surface area contributed by atoms with E-state index in [0.717, 1.165) is 16.9 Å². The van der Waals surface area contributed by atoms with Crippen LogP contribution in [0.3, 0.4) is 0 Å². The minimum Gasteiger partial charge on any atom is -0.497 e. The zero-order valence-electron chi connectivity index (χ0n) is 16.7. The van der Waals surface area contributed by atoms with E-state index in [-0.39, 0.29) is 10.8 Å². The number of rotatable bonds is 8. The van der Waals surface area contributed by atoms with Gasteiger partial charge in [-0.2, -0.15) is 0 Å². The van der Waals surface area contributed by atoms with Gasteiger partial charge in [-0.25, -0.2) is 13.1 Å². The Morgan fingerprint density at radius 3 is 2.39 bits per heavy atom. The van der Waals surface area contributed by atoms with Crippen LogP contribution in [0.15, 0.2) is 53.9 Å². The Morgan fingerprint density at radius 1 is 1.21 bits per heavy atom. The van der Waals surface area contributed by atoms with Gasteiger partial charge in [-0.05, 0) is 61.9 Å². The van der Waals surface area contributed by atoms with Gasteiger partial charge in [0, 0.05) is 18.7 Å². The molecule has 0 aliphatic rings. The minimum absolute atomic E-state index is 0.112. The normalized spacial score (nSPS) is 11.1. The molecule has 0 bridgehead atoms. The fourth-order valence-corrected chi connectivity index (χ4v) is 3.91. The molecule has 0 spiro atoms. The molecule has 0 radical (unpaired) electrons. The molecule has 28 heavy (non-hydrogen) atoms. The van der Waals surface area contributed by atoms with Gasteiger partial charge in [0.1, 0.15) is 5.75 Å². The van der Waals surface area contributed by atoms with Crippen LogP contribution in [0.2, 0.25) is 0 Å². The Kier molecular flexibility index (Phi) is 6.99. The number of nitrogens with zero attached hydrogens (tertiary/aromatic N) is 1. The number of carbonyl (C=O) groups is 1. The molecule has 0 aromatic heterocycles. The lowest BCUT2D eigenvalue weighted by atomic mass is 10.0. The lowest BCUT2D eigenvalue weighted by Gasteiger charge is -2.22. The summed E-state index contributed by atoms with van der Waals surface area (Å²) in [7, 11) is -0.717. The SMILES string of the molecule is C=CCN(Cc1ccc(OC)cc1)C(=O)c1cc(C)c(C)c(S(=O)(=O)NC)c1. The first-order valence-corrected chi connectivity index (χ1v) is 10.3. The van der Waals surface area contributed by atoms with Crippen molar-refractivity contribution in [2.75, 3.05) is 20.7 Å². The van der Waals surface area contributed by atoms with Gasteiger partial charge in [-0.15, -0.1) is 6.58 Å². The fourth-order valence-electron chi connectivity index (χ4n) is 2.85. The number of ether oxygens (including phenoxy) is 1. The predicted octanol–water partition coefficient (Wildman–Crippen LogP) is 3.05. The molecule has 0 fully saturated rings. The summed E-state index contributed by atoms with van der Waals surface area (Å²) in [6, 6.07) is 10.6. The zero-order chi connectivity index (χ0) is 20.9. The third-order valence-corrected chi connectivity index (χ3v) is 6.13. The number of benzene rings is 2. The number of sulfonamides is 1. The molecule has 0 saturated heterocycles. The summed E-state index contributed by atoms with van der Waals surface area (Å²) >= 11 is 0. The molecule has 1 amide bonds. The van der Waals surface area contributed by atoms with Crippen LogP contribution < -0.4 is 9.46 Å². The first-order chi connectivity index (χ1) is 13.2. The van der Waals surface area contributed by atoms with E-state index in [2.05, 4.69) is 11.3 Å². The molecule has 0 aliphatic carbocycles. The summed E-state index contributed by atoms with van der Waals surface area (Å²) in [5.41, 5.74) is 2.62. The van der Waals surface area contributed by atoms with Crippen molar-refractivity contribution < 1.29 is 17.9 Å². The van der Waals surface area contributed by atoms with Gasteiger partial charge in [-0.3, -0.25) is 4.79 Å². The molecule has 2 aromatic carbocycles. The van der Waals surface area contributed by atoms with Crippen LogP contribution in [0.5, 0.6) is 5.75 Å². The van der Waals surface area contributed by atoms with Crippen LogP contribution in [0.1, 0.15) is 27.0 Å². The van der Waals surface area contributed by atoms with Crippen molar-refractivity contribution in [1.29, 1.82) is 0 Å². The van der Waals surface area contributed by atoms with Crippen LogP contribution >= 0.6 is 0 Å². The summed E-state index contributed by atoms with van der Waals surface area (Å²) in [5, 5.41) is 0. The van der Waals surface area contributed by atoms with Gasteiger partial charge in [0.05, 0.1) is 12.0 Å². The molecule has 7 heteroatoms. The van der Waals surface area contributed by atoms with E-state index in [0.29, 0.717) is 24.2 Å². The highest BCUT2D eigenvalue weighted by atomic mass is 32.2. The van der Waals surface area contributed by atoms with E-state index in [4.69, 9.17) is 4.74 Å². The maximum absolute atomic E-state index is 13.1. The number of aryl methyl sites for hydroxylation is 1. The maximum atomic E-state index is 13.1. The monoisotopic (exact) mass is 402 g/mol. The standard InChI is InChI=1S/C21H26N2O4S/c1-6-11-23(14-17-7-9-19(27-5)10-8-17)21(24)18-12-15(2)16(3)20(13-18)28(25,26)22-4/h6-10,12-13,22H,1,11,14H2,2-5H3. The number of amides is 1. The Morgan fingerprint density at radius 2 is 1.86 bits per heavy atom. The molecule has 0 atom stereocenters. The second-order valence-electron chi connectivity index (χ2n) is 6.45. The van der Waals surface area contributed by atoms with Crippen molar-refractivity contribution in [3.8, 4) is 5.75 Å². The van der Waals surface area contributed by atoms with Crippen molar-refractivity contribution in [3.63, 3.8) is 0 Å². The molecule has 150 valence electrons. The van der Waals surface area contributed by atoms with Crippen LogP contribution in [0.4, 0.5) is 0 Å². The van der Waals surface area contributed by atoms with E-state index < -0.39 is 10.0 Å². The van der Waals surface area contributed by atoms with Crippen LogP contribution in [0, 0.1) is 13.8 Å². The largest absolute Gasteiger partial charge is 0.497 e. The number of carbonyl (C=O) groups excluding carboxylic acids is 1. The smallest absolute Gasteiger partial charge is 0.254 e. The second-order valence-corrected chi connectivity index (χ2v) is 8.30. The van der Waals surface area contributed by atoms with Crippen LogP contribution in [-0.2, 0) is 16.6 Å². The maximum Gasteiger partial charge on any atom is 0.254 e. The van der Waals surface area contributed by atoms with Gasteiger partial charge in [-0.1, -0.05) is 18.2 Å². The summed E-state index contributed by atoms with van der Waals surface area (Å²) in [4.78, 5) is 14.9. The predicted molar refractivity (Wildman–Crippen MR) is 110 cm³/mol. The van der Waals surface area contributed by atoms with E-state index >= 15 is 0 Å². The molecular formula is C21H26N2O4S. The highest BCUT2D eigenvalue weighted by Gasteiger charge is 2.22. The Hall–Kier alpha value is -2.64. The Labute approximate surface area is 166 Å². The number of methoxy groups -OCH3 is 1. The fraction of sp³-hybridized carbons (Fsp3) is 0.286. The summed E-state index contributed by atoms with van der Waals surface area (Å²) < 4.78 is 32.1. The van der Waals surface area contributed by atoms with E-state index in [9.17, 15) is 13.2 Å². The van der Waals surface area contributed by atoms with Crippen molar-refractivity contribution in [2.45, 2.75) is 25.3 Å². The molecule has 0 heterocycles. The minimum atomic E-state index is -3.67. The van der Waals surface area contributed by atoms with E-state index in [1.165, 1.54) is 13.1 Å². The zero-order valence-corrected chi connectivity index (χ0v) is 17.5. The average Bonchev–Trinajstić information content (AvgIpc) is 2.69. The van der Waals surface area contributed by atoms with Crippen LogP contribution in [0.25, 0.3) is 0 Å². The third-order valence-electron chi connectivity index (χ3n) is 4.59. The molecule has 6 nitrogen and oxygen atoms in total. The lowest BCUT2D eigenvalue weighted by Crippen LogP contribution is -2.31. The highest BCUT2D eigenvalue weighted by molar-refractivity contribution is 7.89. The molecule has 2 aromatic rings. The van der Waals surface area contributed by atoms with Gasteiger partial charge < -0.3 is 9.64 Å². The van der Waals surface area contributed by atoms with Crippen molar-refractivity contribution >= 4 is 15.9 Å². The molecule has 0 aliphatic heterocycles. The van der Waals surface area contributed by atoms with Gasteiger partial charge in [0.15, 0.2) is 0 Å². The quantitative estimate of drug-likeness (QED) is 0.689. The Bertz CT molecular complexity index is 967. The first-order valence-electron chi connectivity index (χ1n) is 8.81. The second kappa shape index (κ2) is 9.03. The molecule has 2 rings (SSSR count). The van der Waals surface area contributed by atoms with Gasteiger partial charge >= 0.3 is 0 Å². The third kappa shape index (κ3) is 4.79. The number of hydrogen-bond acceptors (Lipinski definition) is 4. The molecule has 1 N–H and O–H groups in total. The van der Waals surface area contributed by atoms with Crippen molar-refractivity contribution in [3.05, 3.63) is 71.3 Å². The van der Waals surface area contributed by atoms with E-state index in [1.807, 2.05) is 24.3 Å². The van der Waals surface area contributed by atoms with Crippen molar-refractivity contribution in [2.24, 2.45) is 0 Å². The summed E-state index contributed by atoms with van der Waals surface area (Å²) in [5.74, 6) is 0.479. The lowest BCUT2D eigenvalue weighted by molar-refractivity contribution is 0.0762. The van der Waals surface area contributed by atoms with E-state index in [1.54, 1.807) is 38.0 Å². The number of nitrogens with one attached hydrogen (secondary N) is 1. The average molecular weight is 403 g/mol. The number of hydrogen-bond donors (Lipinski definition) is 1. The van der Waals surface area contributed by atoms with Crippen molar-refractivity contribution in [1.82, 2.24) is 9.62 Å². The summed E-state index contributed by atoms with van der Waals surface area (Å²) in [6.07, 6.45) is 1.65. The van der Waals surface area contributed by atoms with Crippen LogP contribution in [-0.4, -0.2) is 39.9 Å². The van der Waals surface area contributed by atoms with Gasteiger partial charge in [0.2, 0.25) is 10.0 Å². The highest BCUT2D eigenvalue weighted by Crippen LogP contribution is 2.23.